The van der Waals surface area contributed by atoms with Gasteiger partial charge in [0.25, 0.3) is 5.56 Å². The van der Waals surface area contributed by atoms with Crippen LogP contribution in [0.2, 0.25) is 0 Å². The Morgan fingerprint density at radius 2 is 1.86 bits per heavy atom. The number of hydrogen-bond donors (Lipinski definition) is 2. The van der Waals surface area contributed by atoms with Crippen LogP contribution in [-0.2, 0) is 22.5 Å². The number of aromatic nitrogens is 3. The predicted octanol–water partition coefficient (Wildman–Crippen LogP) is 2.62. The van der Waals surface area contributed by atoms with Crippen molar-refractivity contribution in [2.75, 3.05) is 20.3 Å². The summed E-state index contributed by atoms with van der Waals surface area (Å²) in [5, 5.41) is 1.56. The van der Waals surface area contributed by atoms with E-state index in [1.165, 1.54) is 0 Å². The molecule has 2 aromatic carbocycles. The van der Waals surface area contributed by atoms with Gasteiger partial charge in [-0.15, -0.1) is 0 Å². The van der Waals surface area contributed by atoms with Gasteiger partial charge in [0.05, 0.1) is 30.5 Å². The maximum absolute atomic E-state index is 13.0. The van der Waals surface area contributed by atoms with Gasteiger partial charge < -0.3 is 19.6 Å². The minimum absolute atomic E-state index is 0.0531. The quantitative estimate of drug-likeness (QED) is 0.507. The van der Waals surface area contributed by atoms with Gasteiger partial charge in [0.1, 0.15) is 5.82 Å². The van der Waals surface area contributed by atoms with Crippen molar-refractivity contribution in [3.8, 4) is 0 Å². The van der Waals surface area contributed by atoms with E-state index in [0.717, 1.165) is 16.5 Å². The number of aromatic amines is 2. The number of carbonyl (C=O) groups is 1. The highest BCUT2D eigenvalue weighted by Crippen LogP contribution is 2.19. The molecule has 2 N–H and O–H groups in total. The molecule has 0 aliphatic rings. The maximum atomic E-state index is 13.0. The minimum atomic E-state index is -0.207. The Labute approximate surface area is 167 Å². The molecule has 0 radical (unpaired) electrons. The third-order valence-corrected chi connectivity index (χ3v) is 4.94. The zero-order valence-corrected chi connectivity index (χ0v) is 16.1. The van der Waals surface area contributed by atoms with Crippen LogP contribution in [-0.4, -0.2) is 46.0 Å². The molecule has 1 amide bonds. The molecule has 4 rings (SSSR count). The maximum Gasteiger partial charge on any atom is 0.258 e. The van der Waals surface area contributed by atoms with Gasteiger partial charge in [-0.25, -0.2) is 4.98 Å². The van der Waals surface area contributed by atoms with Gasteiger partial charge in [0, 0.05) is 30.8 Å². The van der Waals surface area contributed by atoms with E-state index in [1.807, 2.05) is 36.5 Å². The second-order valence-electron chi connectivity index (χ2n) is 6.87. The molecule has 7 nitrogen and oxygen atoms in total. The van der Waals surface area contributed by atoms with Crippen molar-refractivity contribution in [2.24, 2.45) is 0 Å². The first-order valence-corrected chi connectivity index (χ1v) is 9.45. The number of rotatable bonds is 7. The monoisotopic (exact) mass is 390 g/mol. The number of nitrogens with one attached hydrogen (secondary N) is 2. The topological polar surface area (TPSA) is 91.1 Å². The summed E-state index contributed by atoms with van der Waals surface area (Å²) >= 11 is 0. The number of carbonyl (C=O) groups excluding carboxylic acids is 1. The molecular formula is C22H22N4O3. The van der Waals surface area contributed by atoms with E-state index in [9.17, 15) is 9.59 Å². The highest BCUT2D eigenvalue weighted by Gasteiger charge is 2.18. The number of H-pyrrole nitrogens is 2. The Bertz CT molecular complexity index is 1210. The highest BCUT2D eigenvalue weighted by molar-refractivity contribution is 5.89. The van der Waals surface area contributed by atoms with Crippen LogP contribution in [0.1, 0.15) is 11.4 Å². The summed E-state index contributed by atoms with van der Waals surface area (Å²) in [4.78, 5) is 37.6. The van der Waals surface area contributed by atoms with Gasteiger partial charge in [-0.3, -0.25) is 9.59 Å². The molecular weight excluding hydrogens is 368 g/mol. The SMILES string of the molecule is COCCN(Cc1nc2ccccc2c(=O)[nH]1)C(=O)Cc1c[nH]c2ccccc12. The number of amides is 1. The summed E-state index contributed by atoms with van der Waals surface area (Å²) in [5.74, 6) is 0.402. The first kappa shape index (κ1) is 18.9. The lowest BCUT2D eigenvalue weighted by Gasteiger charge is -2.22. The van der Waals surface area contributed by atoms with E-state index in [0.29, 0.717) is 29.9 Å². The van der Waals surface area contributed by atoms with E-state index in [1.54, 1.807) is 30.2 Å². The lowest BCUT2D eigenvalue weighted by molar-refractivity contribution is -0.131. The van der Waals surface area contributed by atoms with Crippen molar-refractivity contribution in [3.63, 3.8) is 0 Å². The molecule has 0 unspecified atom stereocenters. The van der Waals surface area contributed by atoms with Crippen LogP contribution in [0.25, 0.3) is 21.8 Å². The molecule has 0 aliphatic carbocycles. The minimum Gasteiger partial charge on any atom is -0.383 e. The predicted molar refractivity (Wildman–Crippen MR) is 112 cm³/mol. The van der Waals surface area contributed by atoms with E-state index in [4.69, 9.17) is 4.74 Å². The first-order chi connectivity index (χ1) is 14.2. The van der Waals surface area contributed by atoms with Crippen LogP contribution in [0.5, 0.6) is 0 Å². The van der Waals surface area contributed by atoms with E-state index < -0.39 is 0 Å². The Morgan fingerprint density at radius 1 is 1.10 bits per heavy atom. The molecule has 0 fully saturated rings. The van der Waals surface area contributed by atoms with Crippen molar-refractivity contribution >= 4 is 27.7 Å². The van der Waals surface area contributed by atoms with Crippen LogP contribution in [0.4, 0.5) is 0 Å². The zero-order chi connectivity index (χ0) is 20.2. The van der Waals surface area contributed by atoms with Crippen molar-refractivity contribution in [2.45, 2.75) is 13.0 Å². The Hall–Kier alpha value is -3.45. The molecule has 0 spiro atoms. The fourth-order valence-corrected chi connectivity index (χ4v) is 3.44. The van der Waals surface area contributed by atoms with Gasteiger partial charge in [-0.1, -0.05) is 30.3 Å². The van der Waals surface area contributed by atoms with Gasteiger partial charge >= 0.3 is 0 Å². The molecule has 148 valence electrons. The Morgan fingerprint density at radius 3 is 2.69 bits per heavy atom. The lowest BCUT2D eigenvalue weighted by Crippen LogP contribution is -2.35. The molecule has 0 atom stereocenters. The van der Waals surface area contributed by atoms with Crippen molar-refractivity contribution in [3.05, 3.63) is 76.5 Å². The third-order valence-electron chi connectivity index (χ3n) is 4.94. The molecule has 0 aliphatic heterocycles. The normalized spacial score (nSPS) is 11.2. The number of benzene rings is 2. The largest absolute Gasteiger partial charge is 0.383 e. The number of hydrogen-bond acceptors (Lipinski definition) is 4. The third kappa shape index (κ3) is 4.05. The van der Waals surface area contributed by atoms with Crippen LogP contribution < -0.4 is 5.56 Å². The molecule has 29 heavy (non-hydrogen) atoms. The average molecular weight is 390 g/mol. The molecule has 4 aromatic rings. The molecule has 7 heteroatoms. The van der Waals surface area contributed by atoms with Crippen LogP contribution >= 0.6 is 0 Å². The number of fused-ring (bicyclic) bond motifs is 2. The van der Waals surface area contributed by atoms with E-state index in [2.05, 4.69) is 15.0 Å². The highest BCUT2D eigenvalue weighted by atomic mass is 16.5. The molecule has 0 saturated carbocycles. The fraction of sp³-hybridized carbons (Fsp3) is 0.227. The number of methoxy groups -OCH3 is 1. The Kier molecular flexibility index (Phi) is 5.39. The number of ether oxygens (including phenoxy) is 1. The smallest absolute Gasteiger partial charge is 0.258 e. The summed E-state index contributed by atoms with van der Waals surface area (Å²) in [6, 6.07) is 15.1. The molecule has 2 heterocycles. The van der Waals surface area contributed by atoms with Crippen molar-refractivity contribution in [1.29, 1.82) is 0 Å². The molecule has 2 aromatic heterocycles. The second kappa shape index (κ2) is 8.28. The van der Waals surface area contributed by atoms with E-state index in [-0.39, 0.29) is 24.4 Å². The van der Waals surface area contributed by atoms with Crippen LogP contribution in [0.3, 0.4) is 0 Å². The summed E-state index contributed by atoms with van der Waals surface area (Å²) in [5.41, 5.74) is 2.34. The van der Waals surface area contributed by atoms with Crippen LogP contribution in [0.15, 0.2) is 59.5 Å². The van der Waals surface area contributed by atoms with Crippen molar-refractivity contribution in [1.82, 2.24) is 19.9 Å². The second-order valence-corrected chi connectivity index (χ2v) is 6.87. The summed E-state index contributed by atoms with van der Waals surface area (Å²) in [6.45, 7) is 1.02. The van der Waals surface area contributed by atoms with Crippen LogP contribution in [0, 0.1) is 0 Å². The molecule has 0 saturated heterocycles. The van der Waals surface area contributed by atoms with Crippen molar-refractivity contribution < 1.29 is 9.53 Å². The Balaban J connectivity index is 1.58. The van der Waals surface area contributed by atoms with Gasteiger partial charge in [0.15, 0.2) is 0 Å². The summed E-state index contributed by atoms with van der Waals surface area (Å²) < 4.78 is 5.17. The lowest BCUT2D eigenvalue weighted by atomic mass is 10.1. The van der Waals surface area contributed by atoms with E-state index >= 15 is 0 Å². The standard InChI is InChI=1S/C22H22N4O3/c1-29-11-10-26(14-20-24-19-9-5-3-7-17(19)22(28)25-20)21(27)12-15-13-23-18-8-4-2-6-16(15)18/h2-9,13,23H,10-12,14H2,1H3,(H,24,25,28). The van der Waals surface area contributed by atoms with Gasteiger partial charge in [0.2, 0.25) is 5.91 Å². The number of nitrogens with zero attached hydrogens (tertiary/aromatic N) is 2. The zero-order valence-electron chi connectivity index (χ0n) is 16.1. The first-order valence-electron chi connectivity index (χ1n) is 9.45. The number of para-hydroxylation sites is 2. The average Bonchev–Trinajstić information content (AvgIpc) is 3.14. The summed E-state index contributed by atoms with van der Waals surface area (Å²) in [7, 11) is 1.60. The van der Waals surface area contributed by atoms with Gasteiger partial charge in [-0.05, 0) is 23.8 Å². The fourth-order valence-electron chi connectivity index (χ4n) is 3.44. The molecule has 0 bridgehead atoms. The van der Waals surface area contributed by atoms with Gasteiger partial charge in [-0.2, -0.15) is 0 Å². The summed E-state index contributed by atoms with van der Waals surface area (Å²) in [6.07, 6.45) is 2.12.